The number of likely N-dealkylation sites (tertiary alicyclic amines) is 1. The van der Waals surface area contributed by atoms with E-state index in [1.807, 2.05) is 12.1 Å². The zero-order valence-corrected chi connectivity index (χ0v) is 13.2. The standard InChI is InChI=1S/C17H25N3O2/c21-17(14-20-9-11-22-12-10-20)18-16-5-3-15(4-6-16)13-19-7-1-2-8-19/h3-6H,1-2,7-14H2,(H,18,21)/p+2. The molecule has 0 aromatic heterocycles. The fourth-order valence-corrected chi connectivity index (χ4v) is 3.32. The van der Waals surface area contributed by atoms with E-state index in [9.17, 15) is 4.79 Å². The SMILES string of the molecule is O=C(C[NH+]1CCOCC1)Nc1ccc(C[NH+]2CCCC2)cc1. The molecular weight excluding hydrogens is 278 g/mol. The molecule has 2 heterocycles. The van der Waals surface area contributed by atoms with Crippen molar-refractivity contribution in [1.29, 1.82) is 0 Å². The summed E-state index contributed by atoms with van der Waals surface area (Å²) in [6, 6.07) is 8.33. The number of amides is 1. The molecule has 0 spiro atoms. The van der Waals surface area contributed by atoms with Crippen LogP contribution < -0.4 is 15.1 Å². The Morgan fingerprint density at radius 1 is 1.00 bits per heavy atom. The van der Waals surface area contributed by atoms with Gasteiger partial charge >= 0.3 is 0 Å². The van der Waals surface area contributed by atoms with Crippen LogP contribution in [0.5, 0.6) is 0 Å². The molecule has 5 nitrogen and oxygen atoms in total. The Kier molecular flexibility index (Phi) is 5.43. The highest BCUT2D eigenvalue weighted by molar-refractivity contribution is 5.91. The van der Waals surface area contributed by atoms with Crippen molar-refractivity contribution in [3.8, 4) is 0 Å². The second-order valence-electron chi connectivity index (χ2n) is 6.42. The Bertz CT molecular complexity index is 477. The van der Waals surface area contributed by atoms with Gasteiger partial charge in [-0.05, 0) is 12.1 Å². The Balaban J connectivity index is 1.46. The normalized spacial score (nSPS) is 20.2. The lowest BCUT2D eigenvalue weighted by molar-refractivity contribution is -0.901. The minimum absolute atomic E-state index is 0.0924. The first-order chi connectivity index (χ1) is 10.8. The summed E-state index contributed by atoms with van der Waals surface area (Å²) < 4.78 is 5.31. The van der Waals surface area contributed by atoms with Gasteiger partial charge in [-0.15, -0.1) is 0 Å². The van der Waals surface area contributed by atoms with Crippen molar-refractivity contribution in [2.45, 2.75) is 19.4 Å². The predicted octanol–water partition coefficient (Wildman–Crippen LogP) is -1.28. The second kappa shape index (κ2) is 7.72. The molecule has 0 atom stereocenters. The molecule has 1 aromatic carbocycles. The molecule has 0 radical (unpaired) electrons. The number of morpholine rings is 1. The minimum Gasteiger partial charge on any atom is -0.370 e. The van der Waals surface area contributed by atoms with Crippen LogP contribution in [0.1, 0.15) is 18.4 Å². The van der Waals surface area contributed by atoms with E-state index >= 15 is 0 Å². The molecule has 2 fully saturated rings. The third-order valence-corrected chi connectivity index (χ3v) is 4.61. The van der Waals surface area contributed by atoms with Gasteiger partial charge in [0.1, 0.15) is 19.6 Å². The first-order valence-corrected chi connectivity index (χ1v) is 8.43. The maximum absolute atomic E-state index is 12.1. The van der Waals surface area contributed by atoms with Crippen molar-refractivity contribution in [2.75, 3.05) is 51.3 Å². The Labute approximate surface area is 132 Å². The number of hydrogen-bond acceptors (Lipinski definition) is 2. The predicted molar refractivity (Wildman–Crippen MR) is 85.1 cm³/mol. The molecule has 2 saturated heterocycles. The molecule has 1 aromatic rings. The quantitative estimate of drug-likeness (QED) is 0.635. The van der Waals surface area contributed by atoms with Gasteiger partial charge in [-0.25, -0.2) is 0 Å². The molecule has 0 unspecified atom stereocenters. The summed E-state index contributed by atoms with van der Waals surface area (Å²) in [7, 11) is 0. The first-order valence-electron chi connectivity index (χ1n) is 8.43. The summed E-state index contributed by atoms with van der Waals surface area (Å²) in [5.74, 6) is 0.0924. The van der Waals surface area contributed by atoms with Crippen LogP contribution in [0.3, 0.4) is 0 Å². The van der Waals surface area contributed by atoms with Gasteiger partial charge in [0.2, 0.25) is 0 Å². The summed E-state index contributed by atoms with van der Waals surface area (Å²) in [5, 5.41) is 3.00. The molecule has 0 aliphatic carbocycles. The monoisotopic (exact) mass is 305 g/mol. The minimum atomic E-state index is 0.0924. The van der Waals surface area contributed by atoms with E-state index in [2.05, 4.69) is 17.4 Å². The van der Waals surface area contributed by atoms with Crippen molar-refractivity contribution >= 4 is 11.6 Å². The lowest BCUT2D eigenvalue weighted by Crippen LogP contribution is -3.15. The van der Waals surface area contributed by atoms with Gasteiger partial charge in [-0.2, -0.15) is 0 Å². The van der Waals surface area contributed by atoms with Crippen LogP contribution in [0.15, 0.2) is 24.3 Å². The Morgan fingerprint density at radius 2 is 1.68 bits per heavy atom. The van der Waals surface area contributed by atoms with Gasteiger partial charge in [0, 0.05) is 24.1 Å². The van der Waals surface area contributed by atoms with Crippen molar-refractivity contribution in [2.24, 2.45) is 0 Å². The molecule has 2 aliphatic rings. The number of carbonyl (C=O) groups excluding carboxylic acids is 1. The highest BCUT2D eigenvalue weighted by Gasteiger charge is 2.18. The number of nitrogens with one attached hydrogen (secondary N) is 3. The Morgan fingerprint density at radius 3 is 2.36 bits per heavy atom. The summed E-state index contributed by atoms with van der Waals surface area (Å²) in [6.45, 7) is 7.58. The van der Waals surface area contributed by atoms with Crippen molar-refractivity contribution in [3.63, 3.8) is 0 Å². The van der Waals surface area contributed by atoms with Gasteiger partial charge in [0.05, 0.1) is 26.3 Å². The summed E-state index contributed by atoms with van der Waals surface area (Å²) in [6.07, 6.45) is 2.71. The molecule has 3 N–H and O–H groups in total. The highest BCUT2D eigenvalue weighted by atomic mass is 16.5. The number of quaternary nitrogens is 2. The average molecular weight is 305 g/mol. The zero-order chi connectivity index (χ0) is 15.2. The molecule has 3 rings (SSSR count). The molecule has 22 heavy (non-hydrogen) atoms. The molecule has 120 valence electrons. The third kappa shape index (κ3) is 4.53. The van der Waals surface area contributed by atoms with Crippen LogP contribution in [0, 0.1) is 0 Å². The van der Waals surface area contributed by atoms with Crippen LogP contribution in [0.4, 0.5) is 5.69 Å². The fourth-order valence-electron chi connectivity index (χ4n) is 3.32. The van der Waals surface area contributed by atoms with Crippen LogP contribution in [0.25, 0.3) is 0 Å². The van der Waals surface area contributed by atoms with Crippen LogP contribution in [-0.2, 0) is 16.1 Å². The van der Waals surface area contributed by atoms with Gasteiger partial charge in [-0.1, -0.05) is 12.1 Å². The number of benzene rings is 1. The second-order valence-corrected chi connectivity index (χ2v) is 6.42. The summed E-state index contributed by atoms with van der Waals surface area (Å²) >= 11 is 0. The maximum Gasteiger partial charge on any atom is 0.279 e. The van der Waals surface area contributed by atoms with Gasteiger partial charge < -0.3 is 19.9 Å². The van der Waals surface area contributed by atoms with E-state index < -0.39 is 0 Å². The summed E-state index contributed by atoms with van der Waals surface area (Å²) in [4.78, 5) is 15.0. The first kappa shape index (κ1) is 15.5. The van der Waals surface area contributed by atoms with Gasteiger partial charge in [0.25, 0.3) is 5.91 Å². The van der Waals surface area contributed by atoms with E-state index in [1.165, 1.54) is 36.4 Å². The average Bonchev–Trinajstić information content (AvgIpc) is 3.03. The third-order valence-electron chi connectivity index (χ3n) is 4.61. The van der Waals surface area contributed by atoms with E-state index in [0.29, 0.717) is 6.54 Å². The van der Waals surface area contributed by atoms with Crippen molar-refractivity contribution in [1.82, 2.24) is 0 Å². The number of anilines is 1. The molecular formula is C17H27N3O2+2. The molecule has 1 amide bonds. The smallest absolute Gasteiger partial charge is 0.279 e. The highest BCUT2D eigenvalue weighted by Crippen LogP contribution is 2.09. The number of rotatable bonds is 5. The Hall–Kier alpha value is -1.43. The summed E-state index contributed by atoms with van der Waals surface area (Å²) in [5.41, 5.74) is 2.26. The molecule has 0 saturated carbocycles. The molecule has 2 aliphatic heterocycles. The van der Waals surface area contributed by atoms with E-state index in [4.69, 9.17) is 4.74 Å². The van der Waals surface area contributed by atoms with E-state index in [1.54, 1.807) is 4.90 Å². The number of ether oxygens (including phenoxy) is 1. The van der Waals surface area contributed by atoms with Crippen molar-refractivity contribution < 1.29 is 19.3 Å². The van der Waals surface area contributed by atoms with E-state index in [0.717, 1.165) is 38.5 Å². The molecule has 0 bridgehead atoms. The number of carbonyl (C=O) groups is 1. The van der Waals surface area contributed by atoms with Crippen LogP contribution in [-0.4, -0.2) is 51.8 Å². The maximum atomic E-state index is 12.1. The van der Waals surface area contributed by atoms with Crippen LogP contribution >= 0.6 is 0 Å². The lowest BCUT2D eigenvalue weighted by atomic mass is 10.2. The zero-order valence-electron chi connectivity index (χ0n) is 13.2. The van der Waals surface area contributed by atoms with Crippen LogP contribution in [0.2, 0.25) is 0 Å². The van der Waals surface area contributed by atoms with Gasteiger partial charge in [0.15, 0.2) is 6.54 Å². The van der Waals surface area contributed by atoms with Crippen molar-refractivity contribution in [3.05, 3.63) is 29.8 Å². The fraction of sp³-hybridized carbons (Fsp3) is 0.588. The lowest BCUT2D eigenvalue weighted by Gasteiger charge is -2.23. The topological polar surface area (TPSA) is 47.2 Å². The number of hydrogen-bond donors (Lipinski definition) is 3. The largest absolute Gasteiger partial charge is 0.370 e. The van der Waals surface area contributed by atoms with E-state index in [-0.39, 0.29) is 5.91 Å². The molecule has 5 heteroatoms. The van der Waals surface area contributed by atoms with Gasteiger partial charge in [-0.3, -0.25) is 4.79 Å².